The molecule has 50 heavy (non-hydrogen) atoms. The smallest absolute Gasteiger partial charge is 0.412 e. The number of piperazine rings is 1. The van der Waals surface area contributed by atoms with Gasteiger partial charge in [-0.25, -0.2) is 9.59 Å². The van der Waals surface area contributed by atoms with Crippen molar-refractivity contribution < 1.29 is 28.5 Å². The molecule has 258 valence electrons. The number of anilines is 2. The van der Waals surface area contributed by atoms with Crippen molar-refractivity contribution in [3.05, 3.63) is 89.6 Å². The lowest BCUT2D eigenvalue weighted by Gasteiger charge is -2.41. The van der Waals surface area contributed by atoms with Crippen LogP contribution in [0.4, 0.5) is 21.1 Å². The van der Waals surface area contributed by atoms with Crippen LogP contribution in [-0.4, -0.2) is 97.3 Å². The van der Waals surface area contributed by atoms with Crippen molar-refractivity contribution in [2.45, 2.75) is 32.0 Å². The molecule has 4 heterocycles. The molecular weight excluding hydrogens is 638 g/mol. The first kappa shape index (κ1) is 32.9. The van der Waals surface area contributed by atoms with Gasteiger partial charge in [0.05, 0.1) is 44.0 Å². The first-order valence-corrected chi connectivity index (χ1v) is 16.9. The number of carbonyl (C=O) groups is 2. The predicted molar refractivity (Wildman–Crippen MR) is 185 cm³/mol. The summed E-state index contributed by atoms with van der Waals surface area (Å²) in [6, 6.07) is 26.1. The van der Waals surface area contributed by atoms with Crippen LogP contribution in [0.1, 0.15) is 23.2 Å². The summed E-state index contributed by atoms with van der Waals surface area (Å²) in [7, 11) is 0. The van der Waals surface area contributed by atoms with Crippen LogP contribution in [-0.2, 0) is 33.8 Å². The van der Waals surface area contributed by atoms with E-state index in [0.29, 0.717) is 64.7 Å². The van der Waals surface area contributed by atoms with E-state index in [1.165, 1.54) is 0 Å². The van der Waals surface area contributed by atoms with Crippen LogP contribution in [0.15, 0.2) is 72.8 Å². The normalized spacial score (nSPS) is 17.5. The lowest BCUT2D eigenvalue weighted by molar-refractivity contribution is -0.000684. The van der Waals surface area contributed by atoms with Gasteiger partial charge in [0, 0.05) is 55.9 Å². The summed E-state index contributed by atoms with van der Waals surface area (Å²) in [6.07, 6.45) is -0.110. The monoisotopic (exact) mass is 677 g/mol. The average Bonchev–Trinajstić information content (AvgIpc) is 3.17. The molecule has 13 nitrogen and oxygen atoms in total. The number of hydrogen-bond acceptors (Lipinski definition) is 11. The maximum Gasteiger partial charge on any atom is 0.412 e. The Bertz CT molecular complexity index is 1860. The van der Waals surface area contributed by atoms with Crippen LogP contribution in [0.2, 0.25) is 0 Å². The molecule has 0 bridgehead atoms. The molecule has 7 rings (SSSR count). The van der Waals surface area contributed by atoms with Gasteiger partial charge < -0.3 is 38.5 Å². The number of benzene rings is 3. The highest BCUT2D eigenvalue weighted by molar-refractivity contribution is 5.94. The van der Waals surface area contributed by atoms with Crippen molar-refractivity contribution in [2.75, 3.05) is 69.1 Å². The van der Waals surface area contributed by atoms with Gasteiger partial charge in [-0.05, 0) is 23.4 Å². The quantitative estimate of drug-likeness (QED) is 0.240. The van der Waals surface area contributed by atoms with Gasteiger partial charge in [0.1, 0.15) is 12.4 Å². The summed E-state index contributed by atoms with van der Waals surface area (Å²) in [5, 5.41) is 12.0. The van der Waals surface area contributed by atoms with Crippen molar-refractivity contribution in [2.24, 2.45) is 0 Å². The number of rotatable bonds is 8. The first-order valence-electron chi connectivity index (χ1n) is 16.9. The Labute approximate surface area is 290 Å². The maximum absolute atomic E-state index is 13.2. The number of nitriles is 1. The minimum Gasteiger partial charge on any atom is -0.445 e. The minimum absolute atomic E-state index is 0.0924. The number of hydrogen-bond donors (Lipinski definition) is 0. The largest absolute Gasteiger partial charge is 0.445 e. The zero-order valence-electron chi connectivity index (χ0n) is 27.8. The van der Waals surface area contributed by atoms with E-state index in [-0.39, 0.29) is 25.8 Å². The molecule has 2 saturated heterocycles. The molecule has 4 aromatic rings. The Morgan fingerprint density at radius 1 is 0.860 bits per heavy atom. The summed E-state index contributed by atoms with van der Waals surface area (Å²) in [6.45, 7) is 4.14. The fraction of sp³-hybridized carbons (Fsp3) is 0.378. The number of carbonyl (C=O) groups excluding carboxylic acids is 2. The van der Waals surface area contributed by atoms with Gasteiger partial charge in [0.2, 0.25) is 6.79 Å². The molecule has 1 atom stereocenters. The number of fused-ring (bicyclic) bond motifs is 2. The highest BCUT2D eigenvalue weighted by Crippen LogP contribution is 2.35. The highest BCUT2D eigenvalue weighted by Gasteiger charge is 2.35. The standard InChI is InChI=1S/C37H39N7O6/c38-15-13-29-23-43(17-18-44(29)37(46)48-25-27-7-2-1-3-8-27)34-31-14-16-42(33-12-6-10-28-9-4-5-11-30(28)33)24-32(31)39-35(40-34)49-26-50-36(45)41-19-21-47-22-20-41/h1-12,29H,13-14,16-26H2. The molecule has 13 heteroatoms. The van der Waals surface area contributed by atoms with Crippen molar-refractivity contribution >= 4 is 34.5 Å². The molecular formula is C37H39N7O6. The zero-order valence-corrected chi connectivity index (χ0v) is 27.8. The third-order valence-electron chi connectivity index (χ3n) is 9.32. The average molecular weight is 678 g/mol. The highest BCUT2D eigenvalue weighted by atomic mass is 16.7. The molecule has 0 aliphatic carbocycles. The fourth-order valence-corrected chi connectivity index (χ4v) is 6.74. The second kappa shape index (κ2) is 15.3. The number of morpholine rings is 1. The SMILES string of the molecule is N#CCC1CN(c2nc(OCOC(=O)N3CCOCC3)nc3c2CCN(c2cccc4ccccc24)C3)CCN1C(=O)OCc1ccccc1. The zero-order chi connectivity index (χ0) is 34.3. The molecule has 0 radical (unpaired) electrons. The number of amides is 2. The summed E-state index contributed by atoms with van der Waals surface area (Å²) in [4.78, 5) is 43.1. The van der Waals surface area contributed by atoms with Crippen molar-refractivity contribution in [1.29, 1.82) is 5.26 Å². The summed E-state index contributed by atoms with van der Waals surface area (Å²) < 4.78 is 22.3. The van der Waals surface area contributed by atoms with Crippen LogP contribution < -0.4 is 14.5 Å². The van der Waals surface area contributed by atoms with E-state index < -0.39 is 18.2 Å². The Hall–Kier alpha value is -5.61. The maximum atomic E-state index is 13.2. The lowest BCUT2D eigenvalue weighted by atomic mass is 10.0. The Morgan fingerprint density at radius 3 is 2.50 bits per heavy atom. The number of aromatic nitrogens is 2. The molecule has 0 N–H and O–H groups in total. The molecule has 1 unspecified atom stereocenters. The molecule has 0 spiro atoms. The second-order valence-electron chi connectivity index (χ2n) is 12.4. The minimum atomic E-state index is -0.483. The number of nitrogens with zero attached hydrogens (tertiary/aromatic N) is 7. The van der Waals surface area contributed by atoms with Crippen molar-refractivity contribution in [1.82, 2.24) is 19.8 Å². The van der Waals surface area contributed by atoms with Gasteiger partial charge in [-0.15, -0.1) is 0 Å². The van der Waals surface area contributed by atoms with E-state index in [1.54, 1.807) is 9.80 Å². The van der Waals surface area contributed by atoms with Gasteiger partial charge in [0.15, 0.2) is 0 Å². The van der Waals surface area contributed by atoms with Gasteiger partial charge in [-0.3, -0.25) is 0 Å². The fourth-order valence-electron chi connectivity index (χ4n) is 6.74. The van der Waals surface area contributed by atoms with Gasteiger partial charge in [-0.1, -0.05) is 66.7 Å². The first-order chi connectivity index (χ1) is 24.6. The molecule has 1 aromatic heterocycles. The Kier molecular flexibility index (Phi) is 10.1. The van der Waals surface area contributed by atoms with Crippen molar-refractivity contribution in [3.63, 3.8) is 0 Å². The molecule has 2 amide bonds. The Morgan fingerprint density at radius 2 is 1.66 bits per heavy atom. The topological polar surface area (TPSA) is 134 Å². The van der Waals surface area contributed by atoms with E-state index in [4.69, 9.17) is 28.9 Å². The van der Waals surface area contributed by atoms with Crippen LogP contribution in [0.25, 0.3) is 10.8 Å². The molecule has 0 saturated carbocycles. The van der Waals surface area contributed by atoms with Crippen LogP contribution in [0.5, 0.6) is 6.01 Å². The van der Waals surface area contributed by atoms with Crippen LogP contribution >= 0.6 is 0 Å². The third-order valence-corrected chi connectivity index (χ3v) is 9.32. The van der Waals surface area contributed by atoms with Gasteiger partial charge in [0.25, 0.3) is 0 Å². The van der Waals surface area contributed by atoms with Crippen LogP contribution in [0.3, 0.4) is 0 Å². The summed E-state index contributed by atoms with van der Waals surface area (Å²) in [5.74, 6) is 0.697. The van der Waals surface area contributed by atoms with E-state index in [2.05, 4.69) is 46.2 Å². The predicted octanol–water partition coefficient (Wildman–Crippen LogP) is 4.74. The second-order valence-corrected chi connectivity index (χ2v) is 12.4. The lowest BCUT2D eigenvalue weighted by Crippen LogP contribution is -2.55. The molecule has 2 fully saturated rings. The summed E-state index contributed by atoms with van der Waals surface area (Å²) >= 11 is 0. The number of ether oxygens (including phenoxy) is 4. The van der Waals surface area contributed by atoms with E-state index in [9.17, 15) is 14.9 Å². The van der Waals surface area contributed by atoms with Gasteiger partial charge >= 0.3 is 18.2 Å². The van der Waals surface area contributed by atoms with Crippen LogP contribution in [0, 0.1) is 11.3 Å². The van der Waals surface area contributed by atoms with E-state index in [0.717, 1.165) is 39.8 Å². The molecule has 3 aromatic carbocycles. The van der Waals surface area contributed by atoms with E-state index in [1.807, 2.05) is 42.5 Å². The Balaban J connectivity index is 1.12. The summed E-state index contributed by atoms with van der Waals surface area (Å²) in [5.41, 5.74) is 3.82. The van der Waals surface area contributed by atoms with Gasteiger partial charge in [-0.2, -0.15) is 15.2 Å². The molecule has 3 aliphatic rings. The molecule has 3 aliphatic heterocycles. The third kappa shape index (κ3) is 7.35. The van der Waals surface area contributed by atoms with E-state index >= 15 is 0 Å². The van der Waals surface area contributed by atoms with Crippen molar-refractivity contribution in [3.8, 4) is 12.1 Å².